The van der Waals surface area contributed by atoms with E-state index in [1.165, 1.54) is 5.56 Å². The van der Waals surface area contributed by atoms with E-state index in [9.17, 15) is 4.79 Å². The van der Waals surface area contributed by atoms with Gasteiger partial charge in [0.2, 0.25) is 0 Å². The molecule has 0 bridgehead atoms. The van der Waals surface area contributed by atoms with Gasteiger partial charge in [0.25, 0.3) is 5.91 Å². The van der Waals surface area contributed by atoms with Crippen LogP contribution in [0.4, 0.5) is 0 Å². The summed E-state index contributed by atoms with van der Waals surface area (Å²) in [6, 6.07) is 7.59. The summed E-state index contributed by atoms with van der Waals surface area (Å²) >= 11 is 0. The van der Waals surface area contributed by atoms with Crippen molar-refractivity contribution in [1.29, 1.82) is 0 Å². The number of rotatable bonds is 6. The van der Waals surface area contributed by atoms with Crippen LogP contribution in [0.15, 0.2) is 36.7 Å². The highest BCUT2D eigenvalue weighted by atomic mass is 16.5. The molecule has 106 valence electrons. The number of benzene rings is 1. The Kier molecular flexibility index (Phi) is 4.76. The molecule has 2 N–H and O–H groups in total. The molecule has 0 aliphatic carbocycles. The number of aromatic nitrogens is 2. The maximum Gasteiger partial charge on any atom is 0.258 e. The van der Waals surface area contributed by atoms with Crippen LogP contribution in [0.1, 0.15) is 31.3 Å². The molecule has 1 aromatic carbocycles. The number of amides is 1. The van der Waals surface area contributed by atoms with Crippen LogP contribution in [0.2, 0.25) is 0 Å². The molecule has 5 nitrogen and oxygen atoms in total. The lowest BCUT2D eigenvalue weighted by Crippen LogP contribution is -2.31. The van der Waals surface area contributed by atoms with Gasteiger partial charge in [-0.3, -0.25) is 4.79 Å². The minimum absolute atomic E-state index is 0.00345. The van der Waals surface area contributed by atoms with Crippen molar-refractivity contribution in [3.63, 3.8) is 0 Å². The largest absolute Gasteiger partial charge is 0.484 e. The molecule has 2 rings (SSSR count). The lowest BCUT2D eigenvalue weighted by atomic mass is 10.2. The van der Waals surface area contributed by atoms with Gasteiger partial charge < -0.3 is 15.0 Å². The molecule has 1 unspecified atom stereocenters. The quantitative estimate of drug-likeness (QED) is 0.848. The molecule has 0 saturated carbocycles. The van der Waals surface area contributed by atoms with Crippen molar-refractivity contribution in [3.05, 3.63) is 48.0 Å². The van der Waals surface area contributed by atoms with E-state index in [1.54, 1.807) is 12.4 Å². The summed E-state index contributed by atoms with van der Waals surface area (Å²) in [5, 5.41) is 2.82. The molecule has 0 aliphatic rings. The number of nitrogens with one attached hydrogen (secondary N) is 2. The van der Waals surface area contributed by atoms with Gasteiger partial charge in [-0.25, -0.2) is 4.98 Å². The maximum absolute atomic E-state index is 11.8. The van der Waals surface area contributed by atoms with E-state index in [1.807, 2.05) is 31.2 Å². The van der Waals surface area contributed by atoms with Crippen LogP contribution >= 0.6 is 0 Å². The van der Waals surface area contributed by atoms with Crippen LogP contribution in [0, 0.1) is 0 Å². The molecule has 0 fully saturated rings. The third-order valence-corrected chi connectivity index (χ3v) is 3.01. The van der Waals surface area contributed by atoms with E-state index < -0.39 is 0 Å². The number of carbonyl (C=O) groups is 1. The molecule has 0 radical (unpaired) electrons. The van der Waals surface area contributed by atoms with E-state index in [-0.39, 0.29) is 18.6 Å². The maximum atomic E-state index is 11.8. The summed E-state index contributed by atoms with van der Waals surface area (Å²) in [6.45, 7) is 3.96. The number of hydrogen-bond donors (Lipinski definition) is 2. The van der Waals surface area contributed by atoms with Crippen LogP contribution < -0.4 is 10.1 Å². The van der Waals surface area contributed by atoms with Crippen LogP contribution in [0.25, 0.3) is 0 Å². The lowest BCUT2D eigenvalue weighted by molar-refractivity contribution is -0.123. The number of nitrogens with zero attached hydrogens (tertiary/aromatic N) is 1. The SMILES string of the molecule is CCc1ccc(OCC(=O)NC(C)c2ncc[nH]2)cc1. The van der Waals surface area contributed by atoms with Gasteiger partial charge in [0, 0.05) is 12.4 Å². The summed E-state index contributed by atoms with van der Waals surface area (Å²) in [5.41, 5.74) is 1.24. The second-order valence-corrected chi connectivity index (χ2v) is 4.55. The van der Waals surface area contributed by atoms with Crippen LogP contribution in [0.5, 0.6) is 5.75 Å². The second kappa shape index (κ2) is 6.75. The zero-order chi connectivity index (χ0) is 14.4. The smallest absolute Gasteiger partial charge is 0.258 e. The summed E-state index contributed by atoms with van der Waals surface area (Å²) < 4.78 is 5.44. The van der Waals surface area contributed by atoms with Gasteiger partial charge >= 0.3 is 0 Å². The van der Waals surface area contributed by atoms with E-state index in [2.05, 4.69) is 22.2 Å². The van der Waals surface area contributed by atoms with Gasteiger partial charge in [0.1, 0.15) is 11.6 Å². The Labute approximate surface area is 118 Å². The number of hydrogen-bond acceptors (Lipinski definition) is 3. The van der Waals surface area contributed by atoms with Crippen LogP contribution in [-0.4, -0.2) is 22.5 Å². The number of imidazole rings is 1. The first-order chi connectivity index (χ1) is 9.69. The van der Waals surface area contributed by atoms with Gasteiger partial charge in [0.05, 0.1) is 6.04 Å². The Hall–Kier alpha value is -2.30. The predicted molar refractivity (Wildman–Crippen MR) is 76.5 cm³/mol. The normalized spacial score (nSPS) is 11.9. The third-order valence-electron chi connectivity index (χ3n) is 3.01. The van der Waals surface area contributed by atoms with E-state index >= 15 is 0 Å². The second-order valence-electron chi connectivity index (χ2n) is 4.55. The van der Waals surface area contributed by atoms with Crippen molar-refractivity contribution in [2.45, 2.75) is 26.3 Å². The fourth-order valence-electron chi connectivity index (χ4n) is 1.84. The first-order valence-electron chi connectivity index (χ1n) is 6.69. The van der Waals surface area contributed by atoms with Gasteiger partial charge in [-0.15, -0.1) is 0 Å². The standard InChI is InChI=1S/C15H19N3O2/c1-3-12-4-6-13(7-5-12)20-10-14(19)18-11(2)15-16-8-9-17-15/h4-9,11H,3,10H2,1-2H3,(H,16,17)(H,18,19). The Morgan fingerprint density at radius 3 is 2.75 bits per heavy atom. The number of H-pyrrole nitrogens is 1. The topological polar surface area (TPSA) is 67.0 Å². The fourth-order valence-corrected chi connectivity index (χ4v) is 1.84. The van der Waals surface area contributed by atoms with Crippen LogP contribution in [-0.2, 0) is 11.2 Å². The summed E-state index contributed by atoms with van der Waals surface area (Å²) in [5.74, 6) is 1.25. The number of aromatic amines is 1. The molecule has 0 spiro atoms. The minimum Gasteiger partial charge on any atom is -0.484 e. The van der Waals surface area contributed by atoms with Crippen molar-refractivity contribution in [2.24, 2.45) is 0 Å². The zero-order valence-electron chi connectivity index (χ0n) is 11.7. The summed E-state index contributed by atoms with van der Waals surface area (Å²) in [6.07, 6.45) is 4.37. The molecule has 2 aromatic rings. The highest BCUT2D eigenvalue weighted by Crippen LogP contribution is 2.12. The lowest BCUT2D eigenvalue weighted by Gasteiger charge is -2.12. The Bertz CT molecular complexity index is 535. The number of ether oxygens (including phenoxy) is 1. The average molecular weight is 273 g/mol. The number of aryl methyl sites for hydroxylation is 1. The first kappa shape index (κ1) is 14.1. The van der Waals surface area contributed by atoms with E-state index in [4.69, 9.17) is 4.74 Å². The molecule has 1 atom stereocenters. The summed E-state index contributed by atoms with van der Waals surface area (Å²) in [7, 11) is 0. The van der Waals surface area contributed by atoms with Gasteiger partial charge in [-0.2, -0.15) is 0 Å². The molecule has 0 saturated heterocycles. The Morgan fingerprint density at radius 1 is 1.40 bits per heavy atom. The first-order valence-corrected chi connectivity index (χ1v) is 6.69. The summed E-state index contributed by atoms with van der Waals surface area (Å²) in [4.78, 5) is 18.8. The molecular weight excluding hydrogens is 254 g/mol. The molecule has 1 aromatic heterocycles. The average Bonchev–Trinajstić information content (AvgIpc) is 3.00. The van der Waals surface area contributed by atoms with Crippen molar-refractivity contribution < 1.29 is 9.53 Å². The Balaban J connectivity index is 1.79. The molecule has 5 heteroatoms. The molecule has 20 heavy (non-hydrogen) atoms. The highest BCUT2D eigenvalue weighted by molar-refractivity contribution is 5.77. The Morgan fingerprint density at radius 2 is 2.15 bits per heavy atom. The minimum atomic E-state index is -0.173. The predicted octanol–water partition coefficient (Wildman–Crippen LogP) is 2.23. The van der Waals surface area contributed by atoms with Gasteiger partial charge in [-0.1, -0.05) is 19.1 Å². The third kappa shape index (κ3) is 3.85. The van der Waals surface area contributed by atoms with Crippen molar-refractivity contribution in [1.82, 2.24) is 15.3 Å². The highest BCUT2D eigenvalue weighted by Gasteiger charge is 2.11. The molecule has 0 aliphatic heterocycles. The van der Waals surface area contributed by atoms with Crippen molar-refractivity contribution in [3.8, 4) is 5.75 Å². The number of carbonyl (C=O) groups excluding carboxylic acids is 1. The van der Waals surface area contributed by atoms with Gasteiger partial charge in [0.15, 0.2) is 6.61 Å². The van der Waals surface area contributed by atoms with E-state index in [0.29, 0.717) is 5.75 Å². The monoisotopic (exact) mass is 273 g/mol. The van der Waals surface area contributed by atoms with Crippen LogP contribution in [0.3, 0.4) is 0 Å². The molecule has 1 heterocycles. The zero-order valence-corrected chi connectivity index (χ0v) is 11.7. The van der Waals surface area contributed by atoms with Gasteiger partial charge in [-0.05, 0) is 31.0 Å². The molecule has 1 amide bonds. The van der Waals surface area contributed by atoms with E-state index in [0.717, 1.165) is 12.2 Å². The van der Waals surface area contributed by atoms with Crippen molar-refractivity contribution in [2.75, 3.05) is 6.61 Å². The fraction of sp³-hybridized carbons (Fsp3) is 0.333. The molecular formula is C15H19N3O2. The van der Waals surface area contributed by atoms with Crippen molar-refractivity contribution >= 4 is 5.91 Å².